The number of amides is 1. The quantitative estimate of drug-likeness (QED) is 0.586. The lowest BCUT2D eigenvalue weighted by atomic mass is 10.1. The Kier molecular flexibility index (Phi) is 5.02. The number of carbonyl (C=O) groups excluding carboxylic acids is 1. The number of thiazole rings is 1. The third kappa shape index (κ3) is 3.89. The maximum atomic E-state index is 13.0. The lowest BCUT2D eigenvalue weighted by molar-refractivity contribution is -0.137. The molecule has 3 rings (SSSR count). The van der Waals surface area contributed by atoms with E-state index in [4.69, 9.17) is 11.6 Å². The van der Waals surface area contributed by atoms with E-state index < -0.39 is 22.7 Å². The third-order valence-corrected chi connectivity index (χ3v) is 4.82. The highest BCUT2D eigenvalue weighted by atomic mass is 35.5. The number of anilines is 1. The minimum atomic E-state index is -4.60. The molecule has 26 heavy (non-hydrogen) atoms. The molecule has 0 aliphatic rings. The zero-order valence-electron chi connectivity index (χ0n) is 13.4. The van der Waals surface area contributed by atoms with Crippen LogP contribution in [-0.4, -0.2) is 10.9 Å². The lowest BCUT2D eigenvalue weighted by Crippen LogP contribution is -2.13. The van der Waals surface area contributed by atoms with Crippen LogP contribution < -0.4 is 5.32 Å². The molecule has 0 unspecified atom stereocenters. The van der Waals surface area contributed by atoms with Gasteiger partial charge >= 0.3 is 6.18 Å². The molecule has 3 aromatic rings. The summed E-state index contributed by atoms with van der Waals surface area (Å²) >= 11 is 6.78. The summed E-state index contributed by atoms with van der Waals surface area (Å²) in [4.78, 5) is 17.3. The van der Waals surface area contributed by atoms with Crippen LogP contribution in [0.4, 0.5) is 18.9 Å². The zero-order chi connectivity index (χ0) is 18.9. The van der Waals surface area contributed by atoms with Crippen molar-refractivity contribution in [2.75, 3.05) is 5.32 Å². The van der Waals surface area contributed by atoms with Crippen molar-refractivity contribution in [3.63, 3.8) is 0 Å². The Morgan fingerprint density at radius 1 is 1.15 bits per heavy atom. The van der Waals surface area contributed by atoms with Crippen molar-refractivity contribution in [3.8, 4) is 11.3 Å². The van der Waals surface area contributed by atoms with E-state index in [1.165, 1.54) is 17.4 Å². The minimum absolute atomic E-state index is 0.0109. The molecule has 8 heteroatoms. The fourth-order valence-corrected chi connectivity index (χ4v) is 3.44. The smallest absolute Gasteiger partial charge is 0.321 e. The first-order valence-electron chi connectivity index (χ1n) is 7.46. The summed E-state index contributed by atoms with van der Waals surface area (Å²) in [6.07, 6.45) is -4.60. The number of hydrogen-bond donors (Lipinski definition) is 1. The average Bonchev–Trinajstić information content (AvgIpc) is 2.98. The van der Waals surface area contributed by atoms with Gasteiger partial charge in [0.2, 0.25) is 0 Å². The van der Waals surface area contributed by atoms with Gasteiger partial charge in [0.1, 0.15) is 4.88 Å². The predicted octanol–water partition coefficient (Wildman–Crippen LogP) is 6.04. The molecule has 2 aromatic carbocycles. The Labute approximate surface area is 156 Å². The number of aryl methyl sites for hydroxylation is 1. The molecule has 1 aromatic heterocycles. The van der Waals surface area contributed by atoms with Crippen molar-refractivity contribution in [1.29, 1.82) is 0 Å². The van der Waals surface area contributed by atoms with Crippen molar-refractivity contribution < 1.29 is 18.0 Å². The van der Waals surface area contributed by atoms with E-state index in [9.17, 15) is 18.0 Å². The molecule has 0 fully saturated rings. The number of alkyl halides is 3. The molecule has 0 aliphatic carbocycles. The fourth-order valence-electron chi connectivity index (χ4n) is 2.38. The second kappa shape index (κ2) is 7.09. The van der Waals surface area contributed by atoms with E-state index >= 15 is 0 Å². The van der Waals surface area contributed by atoms with Crippen molar-refractivity contribution in [1.82, 2.24) is 4.98 Å². The second-order valence-corrected chi connectivity index (χ2v) is 7.03. The zero-order valence-corrected chi connectivity index (χ0v) is 15.0. The normalized spacial score (nSPS) is 11.4. The molecule has 1 N–H and O–H groups in total. The number of hydrogen-bond acceptors (Lipinski definition) is 3. The van der Waals surface area contributed by atoms with Crippen LogP contribution in [0.3, 0.4) is 0 Å². The van der Waals surface area contributed by atoms with E-state index in [1.807, 2.05) is 30.3 Å². The molecular weight excluding hydrogens is 385 g/mol. The molecule has 0 bridgehead atoms. The summed E-state index contributed by atoms with van der Waals surface area (Å²) in [7, 11) is 0. The molecule has 0 saturated carbocycles. The number of benzene rings is 2. The van der Waals surface area contributed by atoms with Gasteiger partial charge in [-0.2, -0.15) is 13.2 Å². The lowest BCUT2D eigenvalue weighted by Gasteiger charge is -2.11. The Bertz CT molecular complexity index is 955. The minimum Gasteiger partial charge on any atom is -0.321 e. The fraction of sp³-hybridized carbons (Fsp3) is 0.111. The van der Waals surface area contributed by atoms with Crippen LogP contribution in [0.5, 0.6) is 0 Å². The highest BCUT2D eigenvalue weighted by Crippen LogP contribution is 2.36. The van der Waals surface area contributed by atoms with Gasteiger partial charge in [-0.15, -0.1) is 11.3 Å². The molecule has 0 atom stereocenters. The van der Waals surface area contributed by atoms with Crippen molar-refractivity contribution in [2.45, 2.75) is 13.1 Å². The maximum Gasteiger partial charge on any atom is 0.417 e. The Hall–Kier alpha value is -2.38. The van der Waals surface area contributed by atoms with Crippen LogP contribution in [0.2, 0.25) is 5.02 Å². The summed E-state index contributed by atoms with van der Waals surface area (Å²) in [6, 6.07) is 12.4. The molecule has 1 amide bonds. The van der Waals surface area contributed by atoms with Gasteiger partial charge in [0.25, 0.3) is 5.91 Å². The standard InChI is InChI=1S/C18H12ClF3N2OS/c1-10-23-15(11-5-3-2-4-6-11)16(26-10)17(25)24-12-7-8-14(19)13(9-12)18(20,21)22/h2-9H,1H3,(H,24,25). The largest absolute Gasteiger partial charge is 0.417 e. The first-order chi connectivity index (χ1) is 12.3. The number of carbonyl (C=O) groups is 1. The third-order valence-electron chi connectivity index (χ3n) is 3.52. The van der Waals surface area contributed by atoms with Gasteiger partial charge in [-0.3, -0.25) is 4.79 Å². The van der Waals surface area contributed by atoms with E-state index in [0.717, 1.165) is 17.7 Å². The topological polar surface area (TPSA) is 42.0 Å². The average molecular weight is 397 g/mol. The van der Waals surface area contributed by atoms with E-state index in [1.54, 1.807) is 6.92 Å². The molecule has 3 nitrogen and oxygen atoms in total. The van der Waals surface area contributed by atoms with Crippen molar-refractivity contribution in [3.05, 3.63) is 69.0 Å². The molecule has 1 heterocycles. The number of halogens is 4. The van der Waals surface area contributed by atoms with Gasteiger partial charge in [-0.05, 0) is 25.1 Å². The van der Waals surface area contributed by atoms with Gasteiger partial charge in [0, 0.05) is 11.3 Å². The molecule has 0 radical (unpaired) electrons. The summed E-state index contributed by atoms with van der Waals surface area (Å²) in [6.45, 7) is 1.76. The van der Waals surface area contributed by atoms with Gasteiger partial charge in [0.15, 0.2) is 0 Å². The van der Waals surface area contributed by atoms with Crippen molar-refractivity contribution >= 4 is 34.5 Å². The summed E-state index contributed by atoms with van der Waals surface area (Å²) in [5, 5.41) is 2.75. The van der Waals surface area contributed by atoms with Crippen molar-refractivity contribution in [2.24, 2.45) is 0 Å². The monoisotopic (exact) mass is 396 g/mol. The second-order valence-electron chi connectivity index (χ2n) is 5.42. The van der Waals surface area contributed by atoms with Gasteiger partial charge in [-0.25, -0.2) is 4.98 Å². The van der Waals surface area contributed by atoms with Crippen LogP contribution >= 0.6 is 22.9 Å². The molecule has 0 aliphatic heterocycles. The Morgan fingerprint density at radius 3 is 2.50 bits per heavy atom. The van der Waals surface area contributed by atoms with E-state index in [0.29, 0.717) is 15.6 Å². The van der Waals surface area contributed by atoms with Gasteiger partial charge in [0.05, 0.1) is 21.3 Å². The summed E-state index contributed by atoms with van der Waals surface area (Å²) in [5.41, 5.74) is 0.266. The predicted molar refractivity (Wildman–Crippen MR) is 96.7 cm³/mol. The number of nitrogens with one attached hydrogen (secondary N) is 1. The SMILES string of the molecule is Cc1nc(-c2ccccc2)c(C(=O)Nc2ccc(Cl)c(C(F)(F)F)c2)s1. The maximum absolute atomic E-state index is 13.0. The van der Waals surface area contributed by atoms with Crippen LogP contribution in [0.25, 0.3) is 11.3 Å². The highest BCUT2D eigenvalue weighted by Gasteiger charge is 2.33. The van der Waals surface area contributed by atoms with Gasteiger partial charge in [-0.1, -0.05) is 41.9 Å². The van der Waals surface area contributed by atoms with Crippen LogP contribution in [0, 0.1) is 6.92 Å². The van der Waals surface area contributed by atoms with E-state index in [2.05, 4.69) is 10.3 Å². The number of aromatic nitrogens is 1. The number of rotatable bonds is 3. The first-order valence-corrected chi connectivity index (χ1v) is 8.66. The Morgan fingerprint density at radius 2 is 1.85 bits per heavy atom. The first kappa shape index (κ1) is 18.4. The van der Waals surface area contributed by atoms with Crippen LogP contribution in [0.15, 0.2) is 48.5 Å². The molecule has 134 valence electrons. The summed E-state index contributed by atoms with van der Waals surface area (Å²) < 4.78 is 38.9. The highest BCUT2D eigenvalue weighted by molar-refractivity contribution is 7.14. The van der Waals surface area contributed by atoms with Gasteiger partial charge < -0.3 is 5.32 Å². The van der Waals surface area contributed by atoms with Crippen LogP contribution in [0.1, 0.15) is 20.2 Å². The van der Waals surface area contributed by atoms with Crippen LogP contribution in [-0.2, 0) is 6.18 Å². The van der Waals surface area contributed by atoms with E-state index in [-0.39, 0.29) is 5.69 Å². The Balaban J connectivity index is 1.93. The molecular formula is C18H12ClF3N2OS. The summed E-state index contributed by atoms with van der Waals surface area (Å²) in [5.74, 6) is -0.523. The molecule has 0 spiro atoms. The molecule has 0 saturated heterocycles. The number of nitrogens with zero attached hydrogens (tertiary/aromatic N) is 1.